The van der Waals surface area contributed by atoms with Gasteiger partial charge in [-0.2, -0.15) is 0 Å². The Morgan fingerprint density at radius 1 is 1.17 bits per heavy atom. The first kappa shape index (κ1) is 10.0. The molecule has 1 atom stereocenters. The number of nitrogens with one attached hydrogen (secondary N) is 1. The second kappa shape index (κ2) is 4.83. The first-order valence-electron chi connectivity index (χ1n) is 5.22. The Balaban J connectivity index is 2.24. The van der Waals surface area contributed by atoms with Gasteiger partial charge in [0.15, 0.2) is 0 Å². The summed E-state index contributed by atoms with van der Waals surface area (Å²) in [6.45, 7) is 4.31. The molecule has 72 valence electrons. The molecule has 2 nitrogen and oxygen atoms in total. The van der Waals surface area contributed by atoms with Crippen molar-refractivity contribution in [3.05, 3.63) is 0 Å². The zero-order valence-corrected chi connectivity index (χ0v) is 8.34. The molecule has 0 amide bonds. The highest BCUT2D eigenvalue weighted by atomic mass is 15.0. The largest absolute Gasteiger partial charge is 0.316 e. The van der Waals surface area contributed by atoms with Crippen LogP contribution in [-0.4, -0.2) is 12.2 Å². The number of hydrogen-bond acceptors (Lipinski definition) is 2. The maximum absolute atomic E-state index is 6.04. The summed E-state index contributed by atoms with van der Waals surface area (Å²) in [7, 11) is 0. The highest BCUT2D eigenvalue weighted by molar-refractivity contribution is 4.75. The van der Waals surface area contributed by atoms with E-state index in [0.29, 0.717) is 6.04 Å². The molecule has 3 N–H and O–H groups in total. The monoisotopic (exact) mass is 170 g/mol. The molecule has 0 heterocycles. The van der Waals surface area contributed by atoms with Crippen molar-refractivity contribution in [2.75, 3.05) is 0 Å². The van der Waals surface area contributed by atoms with Crippen LogP contribution in [0.5, 0.6) is 0 Å². The number of hydrogen-bond donors (Lipinski definition) is 2. The molecule has 0 saturated heterocycles. The molecule has 0 aromatic rings. The molecule has 1 unspecified atom stereocenters. The summed E-state index contributed by atoms with van der Waals surface area (Å²) in [5.74, 6) is 0.723. The van der Waals surface area contributed by atoms with E-state index in [1.807, 2.05) is 0 Å². The Morgan fingerprint density at radius 2 is 1.75 bits per heavy atom. The van der Waals surface area contributed by atoms with Crippen LogP contribution in [0.2, 0.25) is 0 Å². The molecular formula is C10H22N2. The Labute approximate surface area is 75.9 Å². The molecule has 0 aliphatic heterocycles. The lowest BCUT2D eigenvalue weighted by atomic mass is 9.87. The molecule has 1 aliphatic rings. The molecule has 0 spiro atoms. The lowest BCUT2D eigenvalue weighted by Gasteiger charge is -2.29. The zero-order chi connectivity index (χ0) is 8.97. The van der Waals surface area contributed by atoms with Crippen LogP contribution in [0.4, 0.5) is 0 Å². The molecule has 1 aliphatic carbocycles. The van der Waals surface area contributed by atoms with E-state index in [2.05, 4.69) is 19.2 Å². The topological polar surface area (TPSA) is 38.0 Å². The van der Waals surface area contributed by atoms with Crippen molar-refractivity contribution in [3.8, 4) is 0 Å². The SMILES string of the molecule is CC(C)NC(N)C1CCCCC1. The van der Waals surface area contributed by atoms with Gasteiger partial charge in [-0.1, -0.05) is 19.3 Å². The standard InChI is InChI=1S/C10H22N2/c1-8(2)12-10(11)9-6-4-3-5-7-9/h8-10,12H,3-7,11H2,1-2H3. The lowest BCUT2D eigenvalue weighted by Crippen LogP contribution is -2.47. The van der Waals surface area contributed by atoms with Crippen LogP contribution >= 0.6 is 0 Å². The first-order valence-corrected chi connectivity index (χ1v) is 5.22. The van der Waals surface area contributed by atoms with Gasteiger partial charge < -0.3 is 5.73 Å². The van der Waals surface area contributed by atoms with Crippen LogP contribution in [0.15, 0.2) is 0 Å². The second-order valence-corrected chi connectivity index (χ2v) is 4.25. The van der Waals surface area contributed by atoms with Gasteiger partial charge in [-0.15, -0.1) is 0 Å². The molecule has 1 fully saturated rings. The Kier molecular flexibility index (Phi) is 4.02. The van der Waals surface area contributed by atoms with Gasteiger partial charge >= 0.3 is 0 Å². The van der Waals surface area contributed by atoms with E-state index < -0.39 is 0 Å². The first-order chi connectivity index (χ1) is 5.70. The third kappa shape index (κ3) is 3.11. The molecule has 0 bridgehead atoms. The fourth-order valence-corrected chi connectivity index (χ4v) is 2.01. The quantitative estimate of drug-likeness (QED) is 0.634. The summed E-state index contributed by atoms with van der Waals surface area (Å²) >= 11 is 0. The van der Waals surface area contributed by atoms with Gasteiger partial charge in [0, 0.05) is 6.04 Å². The van der Waals surface area contributed by atoms with Crippen molar-refractivity contribution in [1.29, 1.82) is 0 Å². The van der Waals surface area contributed by atoms with Gasteiger partial charge in [0.25, 0.3) is 0 Å². The van der Waals surface area contributed by atoms with Crippen molar-refractivity contribution in [2.24, 2.45) is 11.7 Å². The van der Waals surface area contributed by atoms with E-state index in [0.717, 1.165) is 5.92 Å². The van der Waals surface area contributed by atoms with Crippen molar-refractivity contribution in [3.63, 3.8) is 0 Å². The predicted octanol–water partition coefficient (Wildman–Crippen LogP) is 1.85. The summed E-state index contributed by atoms with van der Waals surface area (Å²) in [5, 5.41) is 3.39. The van der Waals surface area contributed by atoms with Gasteiger partial charge in [-0.05, 0) is 32.6 Å². The summed E-state index contributed by atoms with van der Waals surface area (Å²) in [4.78, 5) is 0. The van der Waals surface area contributed by atoms with Crippen LogP contribution in [0.25, 0.3) is 0 Å². The Morgan fingerprint density at radius 3 is 2.25 bits per heavy atom. The molecule has 2 heteroatoms. The molecule has 0 aromatic heterocycles. The smallest absolute Gasteiger partial charge is 0.0577 e. The van der Waals surface area contributed by atoms with Crippen LogP contribution in [-0.2, 0) is 0 Å². The molecule has 1 rings (SSSR count). The minimum Gasteiger partial charge on any atom is -0.316 e. The third-order valence-electron chi connectivity index (χ3n) is 2.68. The normalized spacial score (nSPS) is 23.0. The highest BCUT2D eigenvalue weighted by Crippen LogP contribution is 2.24. The van der Waals surface area contributed by atoms with Crippen molar-refractivity contribution in [2.45, 2.75) is 58.2 Å². The Hall–Kier alpha value is -0.0800. The average Bonchev–Trinajstić information content (AvgIpc) is 2.05. The molecular weight excluding hydrogens is 148 g/mol. The molecule has 0 aromatic carbocycles. The van der Waals surface area contributed by atoms with Gasteiger partial charge in [0.2, 0.25) is 0 Å². The summed E-state index contributed by atoms with van der Waals surface area (Å²) in [6.07, 6.45) is 7.02. The summed E-state index contributed by atoms with van der Waals surface area (Å²) in [5.41, 5.74) is 6.04. The van der Waals surface area contributed by atoms with Crippen LogP contribution in [0, 0.1) is 5.92 Å². The number of rotatable bonds is 3. The lowest BCUT2D eigenvalue weighted by molar-refractivity contribution is 0.262. The fourth-order valence-electron chi connectivity index (χ4n) is 2.01. The van der Waals surface area contributed by atoms with Crippen molar-refractivity contribution >= 4 is 0 Å². The fraction of sp³-hybridized carbons (Fsp3) is 1.00. The summed E-state index contributed by atoms with van der Waals surface area (Å²) < 4.78 is 0. The molecule has 0 radical (unpaired) electrons. The minimum atomic E-state index is 0.227. The van der Waals surface area contributed by atoms with Crippen LogP contribution in [0.1, 0.15) is 46.0 Å². The maximum atomic E-state index is 6.04. The predicted molar refractivity (Wildman–Crippen MR) is 52.8 cm³/mol. The second-order valence-electron chi connectivity index (χ2n) is 4.25. The van der Waals surface area contributed by atoms with E-state index in [4.69, 9.17) is 5.73 Å². The highest BCUT2D eigenvalue weighted by Gasteiger charge is 2.20. The third-order valence-corrected chi connectivity index (χ3v) is 2.68. The maximum Gasteiger partial charge on any atom is 0.0577 e. The Bertz CT molecular complexity index is 117. The van der Waals surface area contributed by atoms with Gasteiger partial charge in [0.1, 0.15) is 0 Å². The van der Waals surface area contributed by atoms with Gasteiger partial charge in [-0.3, -0.25) is 5.32 Å². The van der Waals surface area contributed by atoms with E-state index in [-0.39, 0.29) is 6.17 Å². The van der Waals surface area contributed by atoms with Crippen LogP contribution in [0.3, 0.4) is 0 Å². The van der Waals surface area contributed by atoms with Crippen LogP contribution < -0.4 is 11.1 Å². The average molecular weight is 170 g/mol. The summed E-state index contributed by atoms with van der Waals surface area (Å²) in [6, 6.07) is 0.516. The van der Waals surface area contributed by atoms with E-state index in [9.17, 15) is 0 Å². The molecule has 12 heavy (non-hydrogen) atoms. The van der Waals surface area contributed by atoms with Gasteiger partial charge in [-0.25, -0.2) is 0 Å². The van der Waals surface area contributed by atoms with Crippen molar-refractivity contribution in [1.82, 2.24) is 5.32 Å². The van der Waals surface area contributed by atoms with Gasteiger partial charge in [0.05, 0.1) is 6.17 Å². The van der Waals surface area contributed by atoms with E-state index in [1.54, 1.807) is 0 Å². The van der Waals surface area contributed by atoms with E-state index in [1.165, 1.54) is 32.1 Å². The minimum absolute atomic E-state index is 0.227. The zero-order valence-electron chi connectivity index (χ0n) is 8.34. The van der Waals surface area contributed by atoms with Crippen molar-refractivity contribution < 1.29 is 0 Å². The number of nitrogens with two attached hydrogens (primary N) is 1. The molecule has 1 saturated carbocycles. The van der Waals surface area contributed by atoms with E-state index >= 15 is 0 Å².